The summed E-state index contributed by atoms with van der Waals surface area (Å²) in [5.74, 6) is -0.942. The number of phenolic OH excluding ortho intramolecular Hbond substituents is 1. The highest BCUT2D eigenvalue weighted by Crippen LogP contribution is 2.26. The van der Waals surface area contributed by atoms with Crippen molar-refractivity contribution in [3.63, 3.8) is 0 Å². The SMILES string of the molecule is CC(C)(C)c1ccc(-n2nc(-c3ccncc3)cc2CNc2cccc(C(=O)NC(Cc3ccc(O)cc3)C(N)=O)c2)cc1. The summed E-state index contributed by atoms with van der Waals surface area (Å²) < 4.78 is 1.92. The van der Waals surface area contributed by atoms with Gasteiger partial charge < -0.3 is 21.5 Å². The van der Waals surface area contributed by atoms with Gasteiger partial charge in [0.15, 0.2) is 0 Å². The third-order valence-corrected chi connectivity index (χ3v) is 7.36. The number of phenols is 1. The van der Waals surface area contributed by atoms with Crippen LogP contribution < -0.4 is 16.4 Å². The first-order valence-corrected chi connectivity index (χ1v) is 14.4. The van der Waals surface area contributed by atoms with E-state index in [1.165, 1.54) is 17.7 Å². The van der Waals surface area contributed by atoms with E-state index in [0.29, 0.717) is 12.1 Å². The molecule has 5 rings (SSSR count). The van der Waals surface area contributed by atoms with Gasteiger partial charge in [-0.05, 0) is 77.2 Å². The molecule has 2 aromatic heterocycles. The van der Waals surface area contributed by atoms with Crippen molar-refractivity contribution in [2.45, 2.75) is 45.2 Å². The maximum absolute atomic E-state index is 13.1. The van der Waals surface area contributed by atoms with Crippen LogP contribution in [0, 0.1) is 0 Å². The van der Waals surface area contributed by atoms with Gasteiger partial charge in [-0.1, -0.05) is 51.1 Å². The molecule has 5 N–H and O–H groups in total. The van der Waals surface area contributed by atoms with E-state index in [2.05, 4.69) is 60.7 Å². The summed E-state index contributed by atoms with van der Waals surface area (Å²) in [5.41, 5.74) is 12.4. The minimum atomic E-state index is -0.908. The number of pyridine rings is 1. The standard InChI is InChI=1S/C35H36N6O3/c1-35(2,3)26-9-11-28(12-10-26)41-29(21-31(40-41)24-15-17-37-18-16-24)22-38-27-6-4-5-25(20-27)34(44)39-32(33(36)43)19-23-7-13-30(42)14-8-23/h4-18,20-21,32,38,42H,19,22H2,1-3H3,(H2,36,43)(H,39,44). The molecule has 2 amide bonds. The zero-order valence-electron chi connectivity index (χ0n) is 25.0. The molecule has 0 saturated carbocycles. The number of amides is 2. The van der Waals surface area contributed by atoms with Gasteiger partial charge in [-0.25, -0.2) is 4.68 Å². The maximum atomic E-state index is 13.1. The molecule has 224 valence electrons. The number of primary amides is 1. The Kier molecular flexibility index (Phi) is 8.76. The highest BCUT2D eigenvalue weighted by atomic mass is 16.3. The Morgan fingerprint density at radius 2 is 1.64 bits per heavy atom. The predicted molar refractivity (Wildman–Crippen MR) is 172 cm³/mol. The van der Waals surface area contributed by atoms with E-state index in [1.807, 2.05) is 28.9 Å². The van der Waals surface area contributed by atoms with Gasteiger partial charge >= 0.3 is 0 Å². The lowest BCUT2D eigenvalue weighted by molar-refractivity contribution is -0.119. The quantitative estimate of drug-likeness (QED) is 0.173. The van der Waals surface area contributed by atoms with Crippen molar-refractivity contribution in [2.75, 3.05) is 5.32 Å². The Labute approximate surface area is 256 Å². The summed E-state index contributed by atoms with van der Waals surface area (Å²) in [6.07, 6.45) is 3.70. The molecule has 9 heteroatoms. The molecule has 5 aromatic rings. The van der Waals surface area contributed by atoms with E-state index < -0.39 is 17.9 Å². The average Bonchev–Trinajstić information content (AvgIpc) is 3.45. The molecule has 2 heterocycles. The lowest BCUT2D eigenvalue weighted by atomic mass is 9.87. The molecule has 0 aliphatic rings. The number of anilines is 1. The van der Waals surface area contributed by atoms with E-state index in [4.69, 9.17) is 10.8 Å². The number of hydrogen-bond donors (Lipinski definition) is 4. The van der Waals surface area contributed by atoms with Crippen molar-refractivity contribution in [1.82, 2.24) is 20.1 Å². The molecule has 1 atom stereocenters. The summed E-state index contributed by atoms with van der Waals surface area (Å²) in [4.78, 5) is 29.4. The Hall–Kier alpha value is -5.44. The van der Waals surface area contributed by atoms with Gasteiger partial charge in [0, 0.05) is 35.6 Å². The number of carbonyl (C=O) groups is 2. The molecule has 1 unspecified atom stereocenters. The molecule has 44 heavy (non-hydrogen) atoms. The van der Waals surface area contributed by atoms with Crippen LogP contribution in [0.1, 0.15) is 48.0 Å². The second kappa shape index (κ2) is 12.8. The zero-order valence-corrected chi connectivity index (χ0v) is 25.0. The van der Waals surface area contributed by atoms with Gasteiger partial charge in [0.2, 0.25) is 5.91 Å². The number of carbonyl (C=O) groups excluding carboxylic acids is 2. The average molecular weight is 589 g/mol. The van der Waals surface area contributed by atoms with E-state index in [0.717, 1.165) is 33.9 Å². The molecule has 0 fully saturated rings. The van der Waals surface area contributed by atoms with Crippen LogP contribution in [0.3, 0.4) is 0 Å². The topological polar surface area (TPSA) is 135 Å². The van der Waals surface area contributed by atoms with Crippen molar-refractivity contribution in [2.24, 2.45) is 5.73 Å². The Balaban J connectivity index is 1.34. The van der Waals surface area contributed by atoms with Crippen LogP contribution in [0.15, 0.2) is 103 Å². The molecule has 0 radical (unpaired) electrons. The number of nitrogens with two attached hydrogens (primary N) is 1. The fourth-order valence-electron chi connectivity index (χ4n) is 4.83. The Morgan fingerprint density at radius 3 is 2.30 bits per heavy atom. The van der Waals surface area contributed by atoms with E-state index in [-0.39, 0.29) is 17.6 Å². The maximum Gasteiger partial charge on any atom is 0.252 e. The zero-order chi connectivity index (χ0) is 31.3. The molecule has 0 aliphatic carbocycles. The highest BCUT2D eigenvalue weighted by Gasteiger charge is 2.20. The summed E-state index contributed by atoms with van der Waals surface area (Å²) in [7, 11) is 0. The van der Waals surface area contributed by atoms with Gasteiger partial charge in [0.05, 0.1) is 23.6 Å². The second-order valence-corrected chi connectivity index (χ2v) is 11.7. The third-order valence-electron chi connectivity index (χ3n) is 7.36. The van der Waals surface area contributed by atoms with Crippen LogP contribution in [0.4, 0.5) is 5.69 Å². The fraction of sp³-hybridized carbons (Fsp3) is 0.200. The first kappa shape index (κ1) is 30.0. The summed E-state index contributed by atoms with van der Waals surface area (Å²) in [6.45, 7) is 7.00. The van der Waals surface area contributed by atoms with Crippen molar-refractivity contribution in [1.29, 1.82) is 0 Å². The number of nitrogens with zero attached hydrogens (tertiary/aromatic N) is 3. The summed E-state index contributed by atoms with van der Waals surface area (Å²) >= 11 is 0. The smallest absolute Gasteiger partial charge is 0.252 e. The monoisotopic (exact) mass is 588 g/mol. The van der Waals surface area contributed by atoms with Gasteiger partial charge in [-0.3, -0.25) is 14.6 Å². The third kappa shape index (κ3) is 7.30. The normalized spacial score (nSPS) is 12.0. The highest BCUT2D eigenvalue weighted by molar-refractivity contribution is 5.98. The van der Waals surface area contributed by atoms with Crippen molar-refractivity contribution < 1.29 is 14.7 Å². The number of aromatic hydroxyl groups is 1. The second-order valence-electron chi connectivity index (χ2n) is 11.7. The van der Waals surface area contributed by atoms with E-state index in [9.17, 15) is 14.7 Å². The van der Waals surface area contributed by atoms with Crippen LogP contribution in [-0.4, -0.2) is 37.7 Å². The molecule has 3 aromatic carbocycles. The summed E-state index contributed by atoms with van der Waals surface area (Å²) in [6, 6.07) is 26.9. The minimum Gasteiger partial charge on any atom is -0.508 e. The molecular formula is C35H36N6O3. The largest absolute Gasteiger partial charge is 0.508 e. The number of rotatable bonds is 10. The number of nitrogens with one attached hydrogen (secondary N) is 2. The first-order valence-electron chi connectivity index (χ1n) is 14.4. The first-order chi connectivity index (χ1) is 21.1. The minimum absolute atomic E-state index is 0.0372. The molecule has 0 spiro atoms. The van der Waals surface area contributed by atoms with Crippen LogP contribution in [0.25, 0.3) is 16.9 Å². The van der Waals surface area contributed by atoms with Crippen LogP contribution in [-0.2, 0) is 23.2 Å². The Morgan fingerprint density at radius 1 is 0.932 bits per heavy atom. The van der Waals surface area contributed by atoms with Gasteiger partial charge in [0.25, 0.3) is 5.91 Å². The lowest BCUT2D eigenvalue weighted by Crippen LogP contribution is -2.45. The molecular weight excluding hydrogens is 552 g/mol. The molecule has 0 aliphatic heterocycles. The van der Waals surface area contributed by atoms with Gasteiger partial charge in [-0.2, -0.15) is 5.10 Å². The summed E-state index contributed by atoms with van der Waals surface area (Å²) in [5, 5.41) is 20.6. The van der Waals surface area contributed by atoms with Gasteiger partial charge in [-0.15, -0.1) is 0 Å². The van der Waals surface area contributed by atoms with Crippen LogP contribution >= 0.6 is 0 Å². The fourth-order valence-corrected chi connectivity index (χ4v) is 4.83. The number of benzene rings is 3. The van der Waals surface area contributed by atoms with Gasteiger partial charge in [0.1, 0.15) is 11.8 Å². The van der Waals surface area contributed by atoms with E-state index >= 15 is 0 Å². The Bertz CT molecular complexity index is 1740. The predicted octanol–water partition coefficient (Wildman–Crippen LogP) is 5.38. The van der Waals surface area contributed by atoms with Crippen molar-refractivity contribution in [3.05, 3.63) is 126 Å². The molecule has 0 saturated heterocycles. The lowest BCUT2D eigenvalue weighted by Gasteiger charge is -2.19. The number of hydrogen-bond acceptors (Lipinski definition) is 6. The van der Waals surface area contributed by atoms with Crippen LogP contribution in [0.5, 0.6) is 5.75 Å². The molecule has 0 bridgehead atoms. The van der Waals surface area contributed by atoms with Crippen LogP contribution in [0.2, 0.25) is 0 Å². The molecule has 9 nitrogen and oxygen atoms in total. The van der Waals surface area contributed by atoms with E-state index in [1.54, 1.807) is 42.7 Å². The van der Waals surface area contributed by atoms with Crippen molar-refractivity contribution in [3.8, 4) is 22.7 Å². The number of aromatic nitrogens is 3. The van der Waals surface area contributed by atoms with Crippen molar-refractivity contribution >= 4 is 17.5 Å².